The van der Waals surface area contributed by atoms with Crippen molar-refractivity contribution in [1.29, 1.82) is 0 Å². The second-order valence-corrected chi connectivity index (χ2v) is 7.11. The summed E-state index contributed by atoms with van der Waals surface area (Å²) in [5.74, 6) is 1.99. The zero-order chi connectivity index (χ0) is 14.7. The summed E-state index contributed by atoms with van der Waals surface area (Å²) >= 11 is 0. The molecule has 3 rings (SSSR count). The van der Waals surface area contributed by atoms with E-state index in [0.29, 0.717) is 0 Å². The van der Waals surface area contributed by atoms with Crippen LogP contribution < -0.4 is 10.5 Å². The number of rotatable bonds is 4. The summed E-state index contributed by atoms with van der Waals surface area (Å²) in [5, 5.41) is 0. The Kier molecular flexibility index (Phi) is 4.54. The van der Waals surface area contributed by atoms with Gasteiger partial charge in [-0.15, -0.1) is 0 Å². The molecule has 2 heteroatoms. The van der Waals surface area contributed by atoms with Gasteiger partial charge in [0.15, 0.2) is 0 Å². The molecule has 1 fully saturated rings. The highest BCUT2D eigenvalue weighted by molar-refractivity contribution is 5.39. The summed E-state index contributed by atoms with van der Waals surface area (Å²) in [6, 6.07) is 6.69. The summed E-state index contributed by atoms with van der Waals surface area (Å²) in [6.07, 6.45) is 11.1. The Bertz CT molecular complexity index is 484. The first-order valence-corrected chi connectivity index (χ1v) is 8.72. The van der Waals surface area contributed by atoms with E-state index in [0.717, 1.165) is 37.5 Å². The quantitative estimate of drug-likeness (QED) is 0.841. The third-order valence-corrected chi connectivity index (χ3v) is 5.58. The van der Waals surface area contributed by atoms with E-state index in [1.165, 1.54) is 49.7 Å². The minimum absolute atomic E-state index is 0.0689. The van der Waals surface area contributed by atoms with E-state index < -0.39 is 0 Å². The zero-order valence-electron chi connectivity index (χ0n) is 13.4. The van der Waals surface area contributed by atoms with Gasteiger partial charge >= 0.3 is 0 Å². The Morgan fingerprint density at radius 1 is 1.29 bits per heavy atom. The fourth-order valence-corrected chi connectivity index (χ4v) is 3.95. The van der Waals surface area contributed by atoms with Crippen molar-refractivity contribution in [1.82, 2.24) is 0 Å². The van der Waals surface area contributed by atoms with Crippen LogP contribution in [0.5, 0.6) is 5.75 Å². The van der Waals surface area contributed by atoms with Crippen LogP contribution in [0.2, 0.25) is 0 Å². The summed E-state index contributed by atoms with van der Waals surface area (Å²) in [6.45, 7) is 3.17. The molecular weight excluding hydrogens is 258 g/mol. The van der Waals surface area contributed by atoms with Crippen LogP contribution in [0.1, 0.15) is 63.0 Å². The SMILES string of the molecule is CCC1CCCC(N)(CCc2ccc3c(c2)CCO3)CC1. The highest BCUT2D eigenvalue weighted by Gasteiger charge is 2.28. The largest absolute Gasteiger partial charge is 0.493 e. The Labute approximate surface area is 129 Å². The molecular formula is C19H29NO. The molecule has 0 radical (unpaired) electrons. The lowest BCUT2D eigenvalue weighted by Crippen LogP contribution is -2.39. The van der Waals surface area contributed by atoms with Crippen LogP contribution in [0.15, 0.2) is 18.2 Å². The molecule has 1 aromatic carbocycles. The maximum atomic E-state index is 6.71. The number of ether oxygens (including phenoxy) is 1. The maximum Gasteiger partial charge on any atom is 0.122 e. The molecule has 2 atom stereocenters. The Hall–Kier alpha value is -1.02. The van der Waals surface area contributed by atoms with Crippen LogP contribution in [0.25, 0.3) is 0 Å². The van der Waals surface area contributed by atoms with E-state index in [-0.39, 0.29) is 5.54 Å². The minimum Gasteiger partial charge on any atom is -0.493 e. The van der Waals surface area contributed by atoms with Crippen molar-refractivity contribution in [2.24, 2.45) is 11.7 Å². The van der Waals surface area contributed by atoms with Gasteiger partial charge in [-0.3, -0.25) is 0 Å². The molecule has 1 aromatic rings. The third-order valence-electron chi connectivity index (χ3n) is 5.58. The highest BCUT2D eigenvalue weighted by Crippen LogP contribution is 2.34. The molecule has 1 saturated carbocycles. The first-order chi connectivity index (χ1) is 10.2. The Morgan fingerprint density at radius 2 is 2.19 bits per heavy atom. The van der Waals surface area contributed by atoms with Crippen LogP contribution in [-0.4, -0.2) is 12.1 Å². The Morgan fingerprint density at radius 3 is 3.05 bits per heavy atom. The van der Waals surface area contributed by atoms with E-state index in [4.69, 9.17) is 10.5 Å². The molecule has 1 aliphatic carbocycles. The first-order valence-electron chi connectivity index (χ1n) is 8.72. The molecule has 0 amide bonds. The van der Waals surface area contributed by atoms with E-state index in [1.54, 1.807) is 0 Å². The van der Waals surface area contributed by atoms with Crippen LogP contribution in [0, 0.1) is 5.92 Å². The van der Waals surface area contributed by atoms with E-state index in [2.05, 4.69) is 25.1 Å². The lowest BCUT2D eigenvalue weighted by Gasteiger charge is -2.28. The molecule has 2 unspecified atom stereocenters. The van der Waals surface area contributed by atoms with Crippen LogP contribution in [0.3, 0.4) is 0 Å². The van der Waals surface area contributed by atoms with Crippen molar-refractivity contribution in [3.05, 3.63) is 29.3 Å². The smallest absolute Gasteiger partial charge is 0.122 e. The fraction of sp³-hybridized carbons (Fsp3) is 0.684. The van der Waals surface area contributed by atoms with Gasteiger partial charge in [0.2, 0.25) is 0 Å². The molecule has 116 valence electrons. The minimum atomic E-state index is 0.0689. The van der Waals surface area contributed by atoms with Gasteiger partial charge in [-0.2, -0.15) is 0 Å². The lowest BCUT2D eigenvalue weighted by molar-refractivity contribution is 0.337. The highest BCUT2D eigenvalue weighted by atomic mass is 16.5. The first kappa shape index (κ1) is 14.9. The molecule has 0 aromatic heterocycles. The van der Waals surface area contributed by atoms with Crippen molar-refractivity contribution in [3.63, 3.8) is 0 Å². The van der Waals surface area contributed by atoms with Crippen LogP contribution >= 0.6 is 0 Å². The fourth-order valence-electron chi connectivity index (χ4n) is 3.95. The predicted molar refractivity (Wildman–Crippen MR) is 87.7 cm³/mol. The van der Waals surface area contributed by atoms with E-state index in [1.807, 2.05) is 0 Å². The average Bonchev–Trinajstić information content (AvgIpc) is 2.88. The molecule has 0 saturated heterocycles. The van der Waals surface area contributed by atoms with Gasteiger partial charge < -0.3 is 10.5 Å². The number of aryl methyl sites for hydroxylation is 1. The Balaban J connectivity index is 1.58. The summed E-state index contributed by atoms with van der Waals surface area (Å²) in [4.78, 5) is 0. The molecule has 0 spiro atoms. The predicted octanol–water partition coefficient (Wildman–Crippen LogP) is 4.24. The molecule has 2 aliphatic rings. The van der Waals surface area contributed by atoms with Gasteiger partial charge in [0.25, 0.3) is 0 Å². The second-order valence-electron chi connectivity index (χ2n) is 7.11. The second kappa shape index (κ2) is 6.39. The van der Waals surface area contributed by atoms with Crippen LogP contribution in [0.4, 0.5) is 0 Å². The topological polar surface area (TPSA) is 35.2 Å². The van der Waals surface area contributed by atoms with Crippen molar-refractivity contribution >= 4 is 0 Å². The van der Waals surface area contributed by atoms with Crippen LogP contribution in [-0.2, 0) is 12.8 Å². The normalized spacial score (nSPS) is 28.8. The lowest BCUT2D eigenvalue weighted by atomic mass is 9.84. The number of nitrogens with two attached hydrogens (primary N) is 1. The van der Waals surface area contributed by atoms with Gasteiger partial charge in [-0.1, -0.05) is 38.3 Å². The standard InChI is InChI=1S/C19H29NO/c1-2-15-4-3-10-19(20,11-7-15)12-8-16-5-6-18-17(14-16)9-13-21-18/h5-6,14-15H,2-4,7-13,20H2,1H3. The zero-order valence-corrected chi connectivity index (χ0v) is 13.4. The van der Waals surface area contributed by atoms with Gasteiger partial charge in [0.1, 0.15) is 5.75 Å². The van der Waals surface area contributed by atoms with Gasteiger partial charge in [0.05, 0.1) is 6.61 Å². The molecule has 2 N–H and O–H groups in total. The number of fused-ring (bicyclic) bond motifs is 1. The van der Waals surface area contributed by atoms with Gasteiger partial charge in [0, 0.05) is 12.0 Å². The van der Waals surface area contributed by atoms with Crippen molar-refractivity contribution in [2.45, 2.75) is 70.3 Å². The molecule has 0 bridgehead atoms. The summed E-state index contributed by atoms with van der Waals surface area (Å²) in [5.41, 5.74) is 9.59. The monoisotopic (exact) mass is 287 g/mol. The third kappa shape index (κ3) is 3.60. The molecule has 1 aliphatic heterocycles. The van der Waals surface area contributed by atoms with E-state index in [9.17, 15) is 0 Å². The van der Waals surface area contributed by atoms with Gasteiger partial charge in [-0.05, 0) is 55.2 Å². The maximum absolute atomic E-state index is 6.71. The number of hydrogen-bond acceptors (Lipinski definition) is 2. The number of benzene rings is 1. The summed E-state index contributed by atoms with van der Waals surface area (Å²) in [7, 11) is 0. The van der Waals surface area contributed by atoms with Crippen molar-refractivity contribution < 1.29 is 4.74 Å². The number of hydrogen-bond donors (Lipinski definition) is 1. The summed E-state index contributed by atoms with van der Waals surface area (Å²) < 4.78 is 5.58. The van der Waals surface area contributed by atoms with Crippen molar-refractivity contribution in [2.75, 3.05) is 6.61 Å². The van der Waals surface area contributed by atoms with E-state index >= 15 is 0 Å². The molecule has 1 heterocycles. The van der Waals surface area contributed by atoms with Gasteiger partial charge in [-0.25, -0.2) is 0 Å². The van der Waals surface area contributed by atoms with Crippen molar-refractivity contribution in [3.8, 4) is 5.75 Å². The molecule has 21 heavy (non-hydrogen) atoms. The average molecular weight is 287 g/mol. The molecule has 2 nitrogen and oxygen atoms in total.